The van der Waals surface area contributed by atoms with Gasteiger partial charge in [0.1, 0.15) is 0 Å². The van der Waals surface area contributed by atoms with Gasteiger partial charge in [0, 0.05) is 26.0 Å². The molecular weight excluding hydrogens is 212 g/mol. The third kappa shape index (κ3) is 3.27. The van der Waals surface area contributed by atoms with E-state index < -0.39 is 11.1 Å². The summed E-state index contributed by atoms with van der Waals surface area (Å²) in [6, 6.07) is 0. The van der Waals surface area contributed by atoms with Gasteiger partial charge in [-0.3, -0.25) is 9.59 Å². The average molecular weight is 228 g/mol. The first-order valence-corrected chi connectivity index (χ1v) is 6.16. The molecule has 0 amide bonds. The zero-order chi connectivity index (χ0) is 11.3. The van der Waals surface area contributed by atoms with Crippen LogP contribution in [0.25, 0.3) is 0 Å². The lowest BCUT2D eigenvalue weighted by molar-refractivity contribution is 0.627. The van der Waals surface area contributed by atoms with Crippen molar-refractivity contribution >= 4 is 11.8 Å². The number of hydrogen-bond donors (Lipinski definition) is 0. The summed E-state index contributed by atoms with van der Waals surface area (Å²) in [5, 5.41) is 0. The Bertz CT molecular complexity index is 422. The van der Waals surface area contributed by atoms with E-state index in [0.717, 1.165) is 17.9 Å². The lowest BCUT2D eigenvalue weighted by Gasteiger charge is -2.05. The standard InChI is InChI=1S/C10H16N2O2S/c1-3-15-8-4-5-12-7-6-11(2)9(13)10(12)14/h6-7H,3-5,8H2,1-2H3. The first-order valence-electron chi connectivity index (χ1n) is 5.00. The Balaban J connectivity index is 2.67. The summed E-state index contributed by atoms with van der Waals surface area (Å²) in [4.78, 5) is 22.8. The molecule has 5 heteroatoms. The summed E-state index contributed by atoms with van der Waals surface area (Å²) in [6.07, 6.45) is 4.21. The predicted molar refractivity (Wildman–Crippen MR) is 63.6 cm³/mol. The summed E-state index contributed by atoms with van der Waals surface area (Å²) in [5.74, 6) is 2.11. The number of nitrogens with zero attached hydrogens (tertiary/aromatic N) is 2. The summed E-state index contributed by atoms with van der Waals surface area (Å²) in [6.45, 7) is 2.73. The molecule has 0 aromatic carbocycles. The van der Waals surface area contributed by atoms with Crippen LogP contribution in [0.5, 0.6) is 0 Å². The minimum Gasteiger partial charge on any atom is -0.312 e. The number of thioether (sulfide) groups is 1. The van der Waals surface area contributed by atoms with Crippen LogP contribution in [0, 0.1) is 0 Å². The fourth-order valence-corrected chi connectivity index (χ4v) is 1.87. The molecule has 0 aliphatic heterocycles. The molecule has 1 aromatic heterocycles. The van der Waals surface area contributed by atoms with E-state index in [1.165, 1.54) is 9.13 Å². The Labute approximate surface area is 92.9 Å². The molecular formula is C10H16N2O2S. The van der Waals surface area contributed by atoms with Crippen molar-refractivity contribution in [3.05, 3.63) is 33.1 Å². The Morgan fingerprint density at radius 1 is 1.27 bits per heavy atom. The smallest absolute Gasteiger partial charge is 0.312 e. The Kier molecular flexibility index (Phi) is 4.68. The Hall–Kier alpha value is -0.970. The van der Waals surface area contributed by atoms with Crippen molar-refractivity contribution in [1.29, 1.82) is 0 Å². The number of aromatic nitrogens is 2. The molecule has 0 fully saturated rings. The zero-order valence-electron chi connectivity index (χ0n) is 9.10. The molecule has 0 radical (unpaired) electrons. The normalized spacial score (nSPS) is 10.5. The topological polar surface area (TPSA) is 44.0 Å². The van der Waals surface area contributed by atoms with E-state index in [1.807, 2.05) is 11.8 Å². The third-order valence-electron chi connectivity index (χ3n) is 2.13. The maximum Gasteiger partial charge on any atom is 0.316 e. The third-order valence-corrected chi connectivity index (χ3v) is 3.11. The maximum absolute atomic E-state index is 11.5. The first-order chi connectivity index (χ1) is 7.16. The van der Waals surface area contributed by atoms with Crippen molar-refractivity contribution in [2.24, 2.45) is 7.05 Å². The monoisotopic (exact) mass is 228 g/mol. The molecule has 0 aliphatic rings. The first kappa shape index (κ1) is 12.1. The molecule has 0 aliphatic carbocycles. The molecule has 0 bridgehead atoms. The van der Waals surface area contributed by atoms with E-state index in [1.54, 1.807) is 19.4 Å². The fourth-order valence-electron chi connectivity index (χ4n) is 1.25. The molecule has 0 atom stereocenters. The van der Waals surface area contributed by atoms with Gasteiger partial charge in [-0.1, -0.05) is 6.92 Å². The van der Waals surface area contributed by atoms with Gasteiger partial charge >= 0.3 is 11.1 Å². The summed E-state index contributed by atoms with van der Waals surface area (Å²) in [5.41, 5.74) is -0.887. The van der Waals surface area contributed by atoms with Crippen LogP contribution < -0.4 is 11.1 Å². The molecule has 0 N–H and O–H groups in total. The number of hydrogen-bond acceptors (Lipinski definition) is 3. The van der Waals surface area contributed by atoms with Gasteiger partial charge in [-0.25, -0.2) is 0 Å². The van der Waals surface area contributed by atoms with Crippen LogP contribution in [-0.4, -0.2) is 20.6 Å². The Morgan fingerprint density at radius 3 is 2.67 bits per heavy atom. The highest BCUT2D eigenvalue weighted by Crippen LogP contribution is 2.01. The van der Waals surface area contributed by atoms with Gasteiger partial charge < -0.3 is 9.13 Å². The predicted octanol–water partition coefficient (Wildman–Crippen LogP) is 0.690. The van der Waals surface area contributed by atoms with Crippen LogP contribution in [0.2, 0.25) is 0 Å². The van der Waals surface area contributed by atoms with E-state index >= 15 is 0 Å². The van der Waals surface area contributed by atoms with Gasteiger partial charge in [0.15, 0.2) is 0 Å². The van der Waals surface area contributed by atoms with Gasteiger partial charge in [-0.05, 0) is 17.9 Å². The van der Waals surface area contributed by atoms with Crippen LogP contribution >= 0.6 is 11.8 Å². The molecule has 1 rings (SSSR count). The van der Waals surface area contributed by atoms with Crippen molar-refractivity contribution in [1.82, 2.24) is 9.13 Å². The SMILES string of the molecule is CCSCCCn1ccn(C)c(=O)c1=O. The van der Waals surface area contributed by atoms with E-state index in [4.69, 9.17) is 0 Å². The summed E-state index contributed by atoms with van der Waals surface area (Å²) in [7, 11) is 1.58. The highest BCUT2D eigenvalue weighted by Gasteiger charge is 2.01. The van der Waals surface area contributed by atoms with Crippen molar-refractivity contribution in [2.45, 2.75) is 19.9 Å². The lowest BCUT2D eigenvalue weighted by atomic mass is 10.4. The molecule has 15 heavy (non-hydrogen) atoms. The molecule has 84 valence electrons. The van der Waals surface area contributed by atoms with Crippen molar-refractivity contribution in [3.8, 4) is 0 Å². The second kappa shape index (κ2) is 5.80. The maximum atomic E-state index is 11.5. The van der Waals surface area contributed by atoms with Gasteiger partial charge in [0.25, 0.3) is 0 Å². The lowest BCUT2D eigenvalue weighted by Crippen LogP contribution is -2.39. The van der Waals surface area contributed by atoms with E-state index in [9.17, 15) is 9.59 Å². The molecule has 1 heterocycles. The summed E-state index contributed by atoms with van der Waals surface area (Å²) < 4.78 is 2.79. The quantitative estimate of drug-likeness (QED) is 0.550. The second-order valence-electron chi connectivity index (χ2n) is 3.26. The molecule has 1 aromatic rings. The highest BCUT2D eigenvalue weighted by atomic mass is 32.2. The molecule has 0 saturated carbocycles. The van der Waals surface area contributed by atoms with Crippen LogP contribution in [0.3, 0.4) is 0 Å². The average Bonchev–Trinajstić information content (AvgIpc) is 2.24. The van der Waals surface area contributed by atoms with Crippen LogP contribution in [0.1, 0.15) is 13.3 Å². The van der Waals surface area contributed by atoms with Gasteiger partial charge in [-0.2, -0.15) is 11.8 Å². The number of aryl methyl sites for hydroxylation is 2. The fraction of sp³-hybridized carbons (Fsp3) is 0.600. The zero-order valence-corrected chi connectivity index (χ0v) is 9.92. The van der Waals surface area contributed by atoms with Crippen LogP contribution in [0.4, 0.5) is 0 Å². The van der Waals surface area contributed by atoms with Crippen molar-refractivity contribution in [3.63, 3.8) is 0 Å². The van der Waals surface area contributed by atoms with Gasteiger partial charge in [0.05, 0.1) is 0 Å². The largest absolute Gasteiger partial charge is 0.316 e. The molecule has 0 unspecified atom stereocenters. The highest BCUT2D eigenvalue weighted by molar-refractivity contribution is 7.99. The second-order valence-corrected chi connectivity index (χ2v) is 4.66. The van der Waals surface area contributed by atoms with Gasteiger partial charge in [0.2, 0.25) is 0 Å². The molecule has 4 nitrogen and oxygen atoms in total. The van der Waals surface area contributed by atoms with Crippen LogP contribution in [-0.2, 0) is 13.6 Å². The number of rotatable bonds is 5. The van der Waals surface area contributed by atoms with E-state index in [-0.39, 0.29) is 0 Å². The molecule has 0 saturated heterocycles. The minimum absolute atomic E-state index is 0.429. The van der Waals surface area contributed by atoms with Crippen molar-refractivity contribution < 1.29 is 0 Å². The molecule has 0 spiro atoms. The van der Waals surface area contributed by atoms with E-state index in [0.29, 0.717) is 6.54 Å². The van der Waals surface area contributed by atoms with Gasteiger partial charge in [-0.15, -0.1) is 0 Å². The van der Waals surface area contributed by atoms with Crippen molar-refractivity contribution in [2.75, 3.05) is 11.5 Å². The van der Waals surface area contributed by atoms with Crippen LogP contribution in [0.15, 0.2) is 22.0 Å². The minimum atomic E-state index is -0.458. The Morgan fingerprint density at radius 2 is 2.00 bits per heavy atom. The summed E-state index contributed by atoms with van der Waals surface area (Å²) >= 11 is 1.84. The van der Waals surface area contributed by atoms with E-state index in [2.05, 4.69) is 6.92 Å².